The zero-order valence-electron chi connectivity index (χ0n) is 14.7. The Kier molecular flexibility index (Phi) is 3.51. The zero-order chi connectivity index (χ0) is 18.4. The molecule has 0 aliphatic rings. The highest BCUT2D eigenvalue weighted by molar-refractivity contribution is 5.92. The minimum atomic E-state index is -0.0747. The number of aryl methyl sites for hydroxylation is 3. The average Bonchev–Trinajstić information content (AvgIpc) is 3.14. The van der Waals surface area contributed by atoms with Crippen molar-refractivity contribution in [2.45, 2.75) is 6.92 Å². The maximum absolute atomic E-state index is 12.1. The Balaban J connectivity index is 1.84. The third kappa shape index (κ3) is 2.42. The summed E-state index contributed by atoms with van der Waals surface area (Å²) in [6, 6.07) is 13.8. The molecule has 0 saturated heterocycles. The molecule has 0 atom stereocenters. The Labute approximate surface area is 149 Å². The van der Waals surface area contributed by atoms with Crippen molar-refractivity contribution in [1.82, 2.24) is 19.1 Å². The molecule has 0 spiro atoms. The summed E-state index contributed by atoms with van der Waals surface area (Å²) in [5.41, 5.74) is 5.75. The van der Waals surface area contributed by atoms with Gasteiger partial charge in [0.05, 0.1) is 27.6 Å². The van der Waals surface area contributed by atoms with Crippen molar-refractivity contribution in [3.63, 3.8) is 0 Å². The van der Waals surface area contributed by atoms with Crippen LogP contribution < -0.4 is 5.69 Å². The fourth-order valence-electron chi connectivity index (χ4n) is 3.18. The molecule has 0 radical (unpaired) electrons. The molecule has 2 heterocycles. The maximum Gasteiger partial charge on any atom is 0.328 e. The first kappa shape index (κ1) is 15.9. The van der Waals surface area contributed by atoms with Crippen LogP contribution in [-0.4, -0.2) is 19.1 Å². The Morgan fingerprint density at radius 3 is 2.69 bits per heavy atom. The van der Waals surface area contributed by atoms with Crippen molar-refractivity contribution in [2.24, 2.45) is 14.1 Å². The van der Waals surface area contributed by atoms with Crippen LogP contribution in [0.1, 0.15) is 17.0 Å². The lowest BCUT2D eigenvalue weighted by atomic mass is 10.1. The summed E-state index contributed by atoms with van der Waals surface area (Å²) >= 11 is 0. The zero-order valence-corrected chi connectivity index (χ0v) is 14.7. The number of H-pyrrole nitrogens is 1. The third-order valence-corrected chi connectivity index (χ3v) is 4.62. The molecule has 0 aliphatic carbocycles. The Bertz CT molecular complexity index is 1290. The van der Waals surface area contributed by atoms with Crippen molar-refractivity contribution in [3.05, 3.63) is 63.8 Å². The molecule has 0 saturated carbocycles. The topological polar surface area (TPSA) is 79.4 Å². The molecular formula is C20H17N5O. The van der Waals surface area contributed by atoms with Gasteiger partial charge in [-0.2, -0.15) is 5.26 Å². The summed E-state index contributed by atoms with van der Waals surface area (Å²) < 4.78 is 3.21. The van der Waals surface area contributed by atoms with Gasteiger partial charge in [-0.05, 0) is 48.4 Å². The Hall–Kier alpha value is -3.59. The van der Waals surface area contributed by atoms with Crippen LogP contribution in [0, 0.1) is 18.3 Å². The average molecular weight is 343 g/mol. The summed E-state index contributed by atoms with van der Waals surface area (Å²) in [4.78, 5) is 19.8. The molecule has 4 aromatic rings. The molecule has 0 bridgehead atoms. The molecule has 4 rings (SSSR count). The molecule has 2 aromatic heterocycles. The number of hydrogen-bond acceptors (Lipinski definition) is 3. The summed E-state index contributed by atoms with van der Waals surface area (Å²) in [7, 11) is 3.49. The van der Waals surface area contributed by atoms with Gasteiger partial charge in [-0.25, -0.2) is 9.78 Å². The van der Waals surface area contributed by atoms with Gasteiger partial charge in [-0.3, -0.25) is 9.13 Å². The van der Waals surface area contributed by atoms with Crippen molar-refractivity contribution < 1.29 is 0 Å². The number of nitriles is 1. The summed E-state index contributed by atoms with van der Waals surface area (Å²) in [6.45, 7) is 2.01. The molecule has 0 amide bonds. The van der Waals surface area contributed by atoms with E-state index in [1.807, 2.05) is 43.3 Å². The predicted molar refractivity (Wildman–Crippen MR) is 102 cm³/mol. The highest BCUT2D eigenvalue weighted by atomic mass is 16.1. The van der Waals surface area contributed by atoms with Crippen LogP contribution in [-0.2, 0) is 14.1 Å². The third-order valence-electron chi connectivity index (χ3n) is 4.62. The fourth-order valence-corrected chi connectivity index (χ4v) is 3.18. The molecule has 6 nitrogen and oxygen atoms in total. The second-order valence-corrected chi connectivity index (χ2v) is 6.42. The molecule has 26 heavy (non-hydrogen) atoms. The molecule has 2 aromatic carbocycles. The number of benzene rings is 2. The first-order valence-corrected chi connectivity index (χ1v) is 8.22. The van der Waals surface area contributed by atoms with E-state index in [9.17, 15) is 10.1 Å². The van der Waals surface area contributed by atoms with E-state index < -0.39 is 0 Å². The van der Waals surface area contributed by atoms with E-state index in [1.165, 1.54) is 0 Å². The van der Waals surface area contributed by atoms with Gasteiger partial charge in [0, 0.05) is 14.1 Å². The van der Waals surface area contributed by atoms with Crippen molar-refractivity contribution in [1.29, 1.82) is 5.26 Å². The van der Waals surface area contributed by atoms with Crippen LogP contribution in [0.3, 0.4) is 0 Å². The van der Waals surface area contributed by atoms with Crippen molar-refractivity contribution in [3.8, 4) is 6.07 Å². The van der Waals surface area contributed by atoms with Gasteiger partial charge in [-0.1, -0.05) is 12.1 Å². The molecule has 0 fully saturated rings. The van der Waals surface area contributed by atoms with Gasteiger partial charge >= 0.3 is 5.69 Å². The number of allylic oxidation sites excluding steroid dienone is 1. The van der Waals surface area contributed by atoms with E-state index in [0.717, 1.165) is 33.2 Å². The Morgan fingerprint density at radius 2 is 1.92 bits per heavy atom. The normalized spacial score (nSPS) is 12.0. The number of aromatic nitrogens is 4. The quantitative estimate of drug-likeness (QED) is 0.568. The van der Waals surface area contributed by atoms with Crippen LogP contribution >= 0.6 is 0 Å². The van der Waals surface area contributed by atoms with Crippen molar-refractivity contribution >= 4 is 33.7 Å². The van der Waals surface area contributed by atoms with Gasteiger partial charge in [0.15, 0.2) is 0 Å². The lowest BCUT2D eigenvalue weighted by Gasteiger charge is -1.99. The van der Waals surface area contributed by atoms with Crippen molar-refractivity contribution in [2.75, 3.05) is 0 Å². The number of imidazole rings is 2. The second kappa shape index (κ2) is 5.74. The Morgan fingerprint density at radius 1 is 1.15 bits per heavy atom. The van der Waals surface area contributed by atoms with Gasteiger partial charge in [-0.15, -0.1) is 0 Å². The van der Waals surface area contributed by atoms with Gasteiger partial charge < -0.3 is 4.98 Å². The monoisotopic (exact) mass is 343 g/mol. The van der Waals surface area contributed by atoms with Crippen LogP contribution in [0.5, 0.6) is 0 Å². The van der Waals surface area contributed by atoms with E-state index in [-0.39, 0.29) is 5.69 Å². The van der Waals surface area contributed by atoms with E-state index in [2.05, 4.69) is 16.0 Å². The smallest absolute Gasteiger partial charge is 0.328 e. The standard InChI is InChI=1S/C20H17N5O/c1-12-4-6-15-16(8-12)23-19(22-15)14(11-21)9-13-5-7-17-18(10-13)25(3)20(26)24(17)2/h4-10H,1-3H3,(H,22,23). The number of aromatic amines is 1. The SMILES string of the molecule is Cc1ccc2nc(C(C#N)=Cc3ccc4c(c3)n(C)c(=O)n4C)[nH]c2c1. The molecule has 0 unspecified atom stereocenters. The lowest BCUT2D eigenvalue weighted by Crippen LogP contribution is -2.19. The molecule has 0 aliphatic heterocycles. The van der Waals surface area contributed by atoms with E-state index in [1.54, 1.807) is 29.3 Å². The number of rotatable bonds is 2. The highest BCUT2D eigenvalue weighted by Crippen LogP contribution is 2.22. The molecular weight excluding hydrogens is 326 g/mol. The van der Waals surface area contributed by atoms with Gasteiger partial charge in [0.1, 0.15) is 11.9 Å². The first-order chi connectivity index (χ1) is 12.5. The predicted octanol–water partition coefficient (Wildman–Crippen LogP) is 3.13. The van der Waals surface area contributed by atoms with Crippen LogP contribution in [0.15, 0.2) is 41.2 Å². The highest BCUT2D eigenvalue weighted by Gasteiger charge is 2.10. The minimum absolute atomic E-state index is 0.0747. The number of nitrogens with one attached hydrogen (secondary N) is 1. The summed E-state index contributed by atoms with van der Waals surface area (Å²) in [6.07, 6.45) is 1.78. The second-order valence-electron chi connectivity index (χ2n) is 6.42. The summed E-state index contributed by atoms with van der Waals surface area (Å²) in [5.74, 6) is 0.537. The molecule has 1 N–H and O–H groups in total. The summed E-state index contributed by atoms with van der Waals surface area (Å²) in [5, 5.41) is 9.60. The first-order valence-electron chi connectivity index (χ1n) is 8.22. The fraction of sp³-hybridized carbons (Fsp3) is 0.150. The van der Waals surface area contributed by atoms with E-state index in [0.29, 0.717) is 11.4 Å². The maximum atomic E-state index is 12.1. The van der Waals surface area contributed by atoms with Gasteiger partial charge in [0.2, 0.25) is 0 Å². The van der Waals surface area contributed by atoms with E-state index in [4.69, 9.17) is 0 Å². The van der Waals surface area contributed by atoms with Crippen LogP contribution in [0.2, 0.25) is 0 Å². The number of fused-ring (bicyclic) bond motifs is 2. The molecule has 6 heteroatoms. The van der Waals surface area contributed by atoms with Crippen LogP contribution in [0.25, 0.3) is 33.7 Å². The number of hydrogen-bond donors (Lipinski definition) is 1. The van der Waals surface area contributed by atoms with E-state index >= 15 is 0 Å². The van der Waals surface area contributed by atoms with Crippen LogP contribution in [0.4, 0.5) is 0 Å². The number of nitrogens with zero attached hydrogens (tertiary/aromatic N) is 4. The molecule has 128 valence electrons. The van der Waals surface area contributed by atoms with Gasteiger partial charge in [0.25, 0.3) is 0 Å². The largest absolute Gasteiger partial charge is 0.337 e. The lowest BCUT2D eigenvalue weighted by molar-refractivity contribution is 0.795. The minimum Gasteiger partial charge on any atom is -0.337 e.